The molecule has 392 valence electrons. The van der Waals surface area contributed by atoms with Gasteiger partial charge in [-0.25, -0.2) is 4.79 Å². The Kier molecular flexibility index (Phi) is 23.4. The third-order valence-corrected chi connectivity index (χ3v) is 11.9. The number of nitrogens with zero attached hydrogens (tertiary/aromatic N) is 4. The van der Waals surface area contributed by atoms with E-state index >= 15 is 0 Å². The van der Waals surface area contributed by atoms with E-state index in [4.69, 9.17) is 19.8 Å². The van der Waals surface area contributed by atoms with Crippen molar-refractivity contribution in [1.29, 1.82) is 0 Å². The van der Waals surface area contributed by atoms with Crippen molar-refractivity contribution in [3.8, 4) is 22.3 Å². The maximum absolute atomic E-state index is 12.8. The molecule has 4 heterocycles. The van der Waals surface area contributed by atoms with Crippen molar-refractivity contribution < 1.29 is 68.8 Å². The molecule has 0 atom stereocenters. The summed E-state index contributed by atoms with van der Waals surface area (Å²) >= 11 is 0. The zero-order valence-electron chi connectivity index (χ0n) is 44.2. The number of esters is 1. The third kappa shape index (κ3) is 15.7. The number of methoxy groups -OCH3 is 1. The number of pyridine rings is 4. The van der Waals surface area contributed by atoms with Gasteiger partial charge in [-0.2, -0.15) is 9.59 Å². The molecule has 0 saturated heterocycles. The van der Waals surface area contributed by atoms with Crippen molar-refractivity contribution in [2.24, 2.45) is 0 Å². The van der Waals surface area contributed by atoms with Crippen molar-refractivity contribution >= 4 is 75.9 Å². The van der Waals surface area contributed by atoms with Crippen LogP contribution in [0.1, 0.15) is 92.7 Å². The molecule has 0 bridgehead atoms. The summed E-state index contributed by atoms with van der Waals surface area (Å²) in [5.74, 6) is -1.91. The molecule has 20 heteroatoms. The average Bonchev–Trinajstić information content (AvgIpc) is 3.46. The molecule has 0 unspecified atom stereocenters. The predicted octanol–water partition coefficient (Wildman–Crippen LogP) is 4.96. The quantitative estimate of drug-likeness (QED) is 0.0659. The van der Waals surface area contributed by atoms with Crippen LogP contribution in [0.15, 0.2) is 146 Å². The molecular weight excluding hydrogens is 1000 g/mol. The van der Waals surface area contributed by atoms with Gasteiger partial charge in [0.2, 0.25) is 0 Å². The van der Waals surface area contributed by atoms with Crippen LogP contribution in [0.4, 0.5) is 22.7 Å². The summed E-state index contributed by atoms with van der Waals surface area (Å²) in [6.07, 6.45) is 6.15. The molecule has 6 N–H and O–H groups in total. The van der Waals surface area contributed by atoms with Crippen LogP contribution in [-0.4, -0.2) is 90.4 Å². The molecule has 0 aliphatic carbocycles. The summed E-state index contributed by atoms with van der Waals surface area (Å²) in [7, 11) is 1.28. The first kappa shape index (κ1) is 61.8. The first-order valence-corrected chi connectivity index (χ1v) is 23.3. The van der Waals surface area contributed by atoms with Gasteiger partial charge < -0.3 is 37.6 Å². The minimum Gasteiger partial charge on any atom is -1.00 e. The van der Waals surface area contributed by atoms with Gasteiger partial charge in [-0.05, 0) is 150 Å². The number of carbonyl (C=O) groups is 5. The standard InChI is InChI=1S/C29H26N4O4.C28H26N4O4.CO2.Al.Li.4H/c1-17-11-13-25(30-15-17)27(34)32-23-9-5-7-21(18(23)2)22-8-6-10-24(19(22)3)33-28(35)26-14-12-20(16-31-26)29(36)37-4;1-17-21(5-3-7-23(17)31-27(35)25-11-9-19(15-33)13-29-25)22-6-4-8-24(18(22)2)32-28(36)26-12-10-20(16-34)14-30-26;2-1-3;;;;;;/h5-16H,1-4H3,(H,32,34)(H,33,35);3-14,33-34H,15-16H2,1-2H3,(H,31,35)(H,32,36);;;;;;;/q;;;;+1;;;;-1. The summed E-state index contributed by atoms with van der Waals surface area (Å²) in [6, 6.07) is 35.6. The second-order valence-corrected chi connectivity index (χ2v) is 16.9. The number of hydrogen-bond acceptors (Lipinski definition) is 14. The average molecular weight is 1060 g/mol. The zero-order chi connectivity index (χ0) is 54.9. The maximum Gasteiger partial charge on any atom is 1.00 e. The van der Waals surface area contributed by atoms with Crippen LogP contribution in [-0.2, 0) is 27.5 Å². The molecule has 4 amide bonds. The molecule has 8 rings (SSSR count). The van der Waals surface area contributed by atoms with E-state index in [0.717, 1.165) is 50.1 Å². The van der Waals surface area contributed by atoms with Crippen LogP contribution in [0.2, 0.25) is 0 Å². The van der Waals surface area contributed by atoms with Gasteiger partial charge in [-0.1, -0.05) is 66.7 Å². The second kappa shape index (κ2) is 29.5. The SMILES string of the molecule is COC(=O)c1ccc(C(=O)Nc2cccc(-c3cccc(NC(=O)c4ccc(C)cn4)c3C)c2C)nc1.Cc1c(NC(=O)c2ccc(CO)cn2)cccc1-c1cccc(NC(=O)c2ccc(CO)cn2)c1C.O=C=O.[AlH3].[H-].[Li+]. The number of aromatic nitrogens is 4. The van der Waals surface area contributed by atoms with E-state index in [2.05, 4.69) is 45.9 Å². The number of anilines is 4. The first-order valence-electron chi connectivity index (χ1n) is 23.3. The molecule has 0 spiro atoms. The molecule has 4 aromatic carbocycles. The number of amides is 4. The Morgan fingerprint density at radius 1 is 0.462 bits per heavy atom. The number of ether oxygens (including phenoxy) is 1. The number of carbonyl (C=O) groups excluding carboxylic acids is 7. The molecule has 0 aliphatic rings. The molecule has 0 aliphatic heterocycles. The number of hydrogen-bond donors (Lipinski definition) is 6. The van der Waals surface area contributed by atoms with Crippen LogP contribution >= 0.6 is 0 Å². The van der Waals surface area contributed by atoms with Gasteiger partial charge in [0, 0.05) is 47.5 Å². The van der Waals surface area contributed by atoms with Gasteiger partial charge in [-0.3, -0.25) is 39.1 Å². The normalized spacial score (nSPS) is 10.0. The van der Waals surface area contributed by atoms with Crippen molar-refractivity contribution in [2.45, 2.75) is 47.8 Å². The fourth-order valence-electron chi connectivity index (χ4n) is 7.67. The van der Waals surface area contributed by atoms with Crippen molar-refractivity contribution in [2.75, 3.05) is 28.4 Å². The Morgan fingerprint density at radius 2 is 0.756 bits per heavy atom. The number of benzene rings is 4. The van der Waals surface area contributed by atoms with E-state index in [0.29, 0.717) is 39.6 Å². The van der Waals surface area contributed by atoms with Crippen molar-refractivity contribution in [1.82, 2.24) is 19.9 Å². The van der Waals surface area contributed by atoms with E-state index in [1.54, 1.807) is 36.5 Å². The van der Waals surface area contributed by atoms with Gasteiger partial charge in [0.05, 0.1) is 25.9 Å². The number of nitrogens with one attached hydrogen (secondary N) is 4. The molecule has 18 nitrogen and oxygen atoms in total. The van der Waals surface area contributed by atoms with Gasteiger partial charge in [0.1, 0.15) is 22.8 Å². The minimum atomic E-state index is -0.521. The molecule has 4 aromatic heterocycles. The molecule has 8 aromatic rings. The molecule has 0 radical (unpaired) electrons. The number of aliphatic hydroxyl groups is 2. The van der Waals surface area contributed by atoms with Gasteiger partial charge >= 0.3 is 31.0 Å². The second-order valence-electron chi connectivity index (χ2n) is 16.9. The third-order valence-electron chi connectivity index (χ3n) is 11.9. The van der Waals surface area contributed by atoms with Gasteiger partial charge in [0.25, 0.3) is 23.6 Å². The first-order chi connectivity index (χ1) is 36.6. The summed E-state index contributed by atoms with van der Waals surface area (Å²) in [5.41, 5.74) is 13.2. The summed E-state index contributed by atoms with van der Waals surface area (Å²) in [6.45, 7) is 9.33. The van der Waals surface area contributed by atoms with E-state index in [1.807, 2.05) is 113 Å². The minimum absolute atomic E-state index is 0. The van der Waals surface area contributed by atoms with E-state index in [-0.39, 0.29) is 97.4 Å². The summed E-state index contributed by atoms with van der Waals surface area (Å²) < 4.78 is 4.66. The number of aryl methyl sites for hydroxylation is 1. The fraction of sp³-hybridized carbons (Fsp3) is 0.138. The largest absolute Gasteiger partial charge is 1.00 e. The maximum atomic E-state index is 12.8. The molecule has 0 fully saturated rings. The van der Waals surface area contributed by atoms with Crippen molar-refractivity contribution in [3.63, 3.8) is 0 Å². The summed E-state index contributed by atoms with van der Waals surface area (Å²) in [5, 5.41) is 30.0. The van der Waals surface area contributed by atoms with E-state index in [9.17, 15) is 24.0 Å². The predicted molar refractivity (Wildman–Crippen MR) is 295 cm³/mol. The Hall–Kier alpha value is -8.74. The topological polar surface area (TPSA) is 269 Å². The van der Waals surface area contributed by atoms with Crippen LogP contribution in [0.5, 0.6) is 0 Å². The van der Waals surface area contributed by atoms with E-state index < -0.39 is 11.9 Å². The van der Waals surface area contributed by atoms with Crippen LogP contribution in [0.3, 0.4) is 0 Å². The molecule has 78 heavy (non-hydrogen) atoms. The fourth-order valence-corrected chi connectivity index (χ4v) is 7.67. The smallest absolute Gasteiger partial charge is 1.00 e. The van der Waals surface area contributed by atoms with E-state index in [1.165, 1.54) is 37.8 Å². The number of aliphatic hydroxyl groups excluding tert-OH is 2. The zero-order valence-corrected chi connectivity index (χ0v) is 43.2. The Morgan fingerprint density at radius 3 is 1.00 bits per heavy atom. The van der Waals surface area contributed by atoms with Gasteiger partial charge in [-0.15, -0.1) is 0 Å². The van der Waals surface area contributed by atoms with Crippen LogP contribution in [0, 0.1) is 34.6 Å². The molecule has 0 saturated carbocycles. The van der Waals surface area contributed by atoms with Gasteiger partial charge in [0.15, 0.2) is 17.4 Å². The monoisotopic (exact) mass is 1060 g/mol. The molecular formula is C58H56AlLiN8O10. The Balaban J connectivity index is 0.000000382. The van der Waals surface area contributed by atoms with Crippen LogP contribution in [0.25, 0.3) is 22.3 Å². The Bertz CT molecular complexity index is 3350. The summed E-state index contributed by atoms with van der Waals surface area (Å²) in [4.78, 5) is 95.4. The van der Waals surface area contributed by atoms with Crippen molar-refractivity contribution in [3.05, 3.63) is 213 Å². The Labute approximate surface area is 474 Å². The number of rotatable bonds is 13. The van der Waals surface area contributed by atoms with Crippen LogP contribution < -0.4 is 40.1 Å².